The summed E-state index contributed by atoms with van der Waals surface area (Å²) in [5.41, 5.74) is 1.61. The second kappa shape index (κ2) is 8.00. The average Bonchev–Trinajstić information content (AvgIpc) is 2.67. The van der Waals surface area contributed by atoms with Gasteiger partial charge in [0.1, 0.15) is 0 Å². The van der Waals surface area contributed by atoms with Crippen LogP contribution in [0.4, 0.5) is 0 Å². The molecule has 0 unspecified atom stereocenters. The van der Waals surface area contributed by atoms with Gasteiger partial charge in [-0.15, -0.1) is 0 Å². The minimum Gasteiger partial charge on any atom is -0.341 e. The van der Waals surface area contributed by atoms with Gasteiger partial charge in [-0.05, 0) is 31.0 Å². The highest BCUT2D eigenvalue weighted by atomic mass is 16.2. The van der Waals surface area contributed by atoms with Gasteiger partial charge in [-0.1, -0.05) is 0 Å². The predicted octanol–water partition coefficient (Wildman–Crippen LogP) is 1.25. The number of aromatic nitrogens is 3. The van der Waals surface area contributed by atoms with Crippen molar-refractivity contribution in [1.29, 1.82) is 0 Å². The molecule has 2 aliphatic heterocycles. The van der Waals surface area contributed by atoms with Crippen LogP contribution in [0.5, 0.6) is 0 Å². The number of piperidine rings is 1. The third kappa shape index (κ3) is 4.24. The highest BCUT2D eigenvalue weighted by molar-refractivity contribution is 5.76. The van der Waals surface area contributed by atoms with Crippen molar-refractivity contribution in [2.24, 2.45) is 5.92 Å². The number of amides is 1. The van der Waals surface area contributed by atoms with Gasteiger partial charge < -0.3 is 9.80 Å². The summed E-state index contributed by atoms with van der Waals surface area (Å²) in [5.74, 6) is 0.720. The Hall–Kier alpha value is -2.54. The molecular formula is C20H25N5O2. The highest BCUT2D eigenvalue weighted by Gasteiger charge is 2.28. The van der Waals surface area contributed by atoms with Crippen LogP contribution in [0.2, 0.25) is 0 Å². The van der Waals surface area contributed by atoms with Gasteiger partial charge >= 0.3 is 0 Å². The van der Waals surface area contributed by atoms with Gasteiger partial charge in [0.15, 0.2) is 0 Å². The molecule has 0 radical (unpaired) electrons. The van der Waals surface area contributed by atoms with Crippen LogP contribution in [0, 0.1) is 5.92 Å². The fourth-order valence-corrected chi connectivity index (χ4v) is 3.83. The quantitative estimate of drug-likeness (QED) is 0.768. The number of hydrogen-bond donors (Lipinski definition) is 0. The zero-order chi connectivity index (χ0) is 18.6. The van der Waals surface area contributed by atoms with Crippen molar-refractivity contribution >= 4 is 5.91 Å². The van der Waals surface area contributed by atoms with E-state index in [0.717, 1.165) is 56.8 Å². The first-order valence-electron chi connectivity index (χ1n) is 9.68. The SMILES string of the molecule is O=C1CCCCN1CCN1CC(Cn2nc(-c3cccnc3)ccc2=O)C1. The lowest BCUT2D eigenvalue weighted by molar-refractivity contribution is -0.133. The summed E-state index contributed by atoms with van der Waals surface area (Å²) in [4.78, 5) is 32.5. The number of carbonyl (C=O) groups excluding carboxylic acids is 1. The van der Waals surface area contributed by atoms with Crippen LogP contribution in [-0.2, 0) is 11.3 Å². The summed E-state index contributed by atoms with van der Waals surface area (Å²) in [6, 6.07) is 7.13. The van der Waals surface area contributed by atoms with E-state index in [0.29, 0.717) is 24.8 Å². The van der Waals surface area contributed by atoms with E-state index in [9.17, 15) is 9.59 Å². The van der Waals surface area contributed by atoms with Gasteiger partial charge in [0.05, 0.1) is 12.2 Å². The molecule has 0 aliphatic carbocycles. The second-order valence-electron chi connectivity index (χ2n) is 7.44. The molecule has 1 amide bonds. The van der Waals surface area contributed by atoms with Crippen LogP contribution in [-0.4, -0.2) is 63.2 Å². The molecule has 2 aromatic rings. The largest absolute Gasteiger partial charge is 0.341 e. The molecule has 0 atom stereocenters. The summed E-state index contributed by atoms with van der Waals surface area (Å²) < 4.78 is 1.57. The maximum atomic E-state index is 12.2. The van der Waals surface area contributed by atoms with E-state index in [1.54, 1.807) is 29.2 Å². The first-order chi connectivity index (χ1) is 13.2. The Morgan fingerprint density at radius 3 is 2.74 bits per heavy atom. The Bertz CT molecular complexity index is 845. The smallest absolute Gasteiger partial charge is 0.266 e. The number of carbonyl (C=O) groups is 1. The van der Waals surface area contributed by atoms with Crippen molar-refractivity contribution in [2.45, 2.75) is 25.8 Å². The molecule has 27 heavy (non-hydrogen) atoms. The topological polar surface area (TPSA) is 71.3 Å². The summed E-state index contributed by atoms with van der Waals surface area (Å²) in [6.07, 6.45) is 6.33. The zero-order valence-corrected chi connectivity index (χ0v) is 15.5. The van der Waals surface area contributed by atoms with Gasteiger partial charge in [-0.3, -0.25) is 14.6 Å². The van der Waals surface area contributed by atoms with E-state index in [1.165, 1.54) is 0 Å². The molecule has 7 nitrogen and oxygen atoms in total. The van der Waals surface area contributed by atoms with E-state index < -0.39 is 0 Å². The highest BCUT2D eigenvalue weighted by Crippen LogP contribution is 2.18. The molecule has 2 fully saturated rings. The fraction of sp³-hybridized carbons (Fsp3) is 0.500. The van der Waals surface area contributed by atoms with Crippen molar-refractivity contribution in [2.75, 3.05) is 32.7 Å². The third-order valence-electron chi connectivity index (χ3n) is 5.40. The van der Waals surface area contributed by atoms with Crippen molar-refractivity contribution in [3.63, 3.8) is 0 Å². The van der Waals surface area contributed by atoms with Crippen LogP contribution in [0.1, 0.15) is 19.3 Å². The van der Waals surface area contributed by atoms with E-state index in [2.05, 4.69) is 15.0 Å². The summed E-state index contributed by atoms with van der Waals surface area (Å²) in [6.45, 7) is 5.17. The molecule has 142 valence electrons. The van der Waals surface area contributed by atoms with Crippen LogP contribution in [0.15, 0.2) is 41.5 Å². The van der Waals surface area contributed by atoms with Gasteiger partial charge in [0.25, 0.3) is 5.56 Å². The van der Waals surface area contributed by atoms with E-state index in [4.69, 9.17) is 0 Å². The molecule has 0 aromatic carbocycles. The maximum absolute atomic E-state index is 12.2. The lowest BCUT2D eigenvalue weighted by Gasteiger charge is -2.40. The van der Waals surface area contributed by atoms with Crippen molar-refractivity contribution < 1.29 is 4.79 Å². The first kappa shape index (κ1) is 17.9. The maximum Gasteiger partial charge on any atom is 0.266 e. The number of pyridine rings is 1. The number of likely N-dealkylation sites (tertiary alicyclic amines) is 2. The van der Waals surface area contributed by atoms with Crippen molar-refractivity contribution in [1.82, 2.24) is 24.6 Å². The molecule has 0 spiro atoms. The molecular weight excluding hydrogens is 342 g/mol. The number of rotatable bonds is 6. The van der Waals surface area contributed by atoms with Crippen LogP contribution < -0.4 is 5.56 Å². The standard InChI is InChI=1S/C20H25N5O2/c26-19-5-1-2-9-24(19)11-10-23-13-16(14-23)15-25-20(27)7-6-18(22-25)17-4-3-8-21-12-17/h3-4,6-8,12,16H,1-2,5,9-11,13-15H2. The molecule has 4 heterocycles. The van der Waals surface area contributed by atoms with Gasteiger partial charge in [0, 0.05) is 69.1 Å². The zero-order valence-electron chi connectivity index (χ0n) is 15.5. The monoisotopic (exact) mass is 367 g/mol. The molecule has 7 heteroatoms. The summed E-state index contributed by atoms with van der Waals surface area (Å²) in [7, 11) is 0. The Morgan fingerprint density at radius 2 is 1.96 bits per heavy atom. The molecule has 2 aromatic heterocycles. The molecule has 0 saturated carbocycles. The van der Waals surface area contributed by atoms with E-state index in [-0.39, 0.29) is 5.56 Å². The van der Waals surface area contributed by atoms with Crippen molar-refractivity contribution in [3.8, 4) is 11.3 Å². The van der Waals surface area contributed by atoms with Crippen LogP contribution in [0.25, 0.3) is 11.3 Å². The second-order valence-corrected chi connectivity index (χ2v) is 7.44. The normalized spacial score (nSPS) is 18.5. The molecule has 0 N–H and O–H groups in total. The Balaban J connectivity index is 1.30. The third-order valence-corrected chi connectivity index (χ3v) is 5.40. The first-order valence-corrected chi connectivity index (χ1v) is 9.68. The molecule has 0 bridgehead atoms. The summed E-state index contributed by atoms with van der Waals surface area (Å²) in [5, 5.41) is 4.51. The Morgan fingerprint density at radius 1 is 1.07 bits per heavy atom. The fourth-order valence-electron chi connectivity index (χ4n) is 3.83. The molecule has 2 aliphatic rings. The lowest BCUT2D eigenvalue weighted by Crippen LogP contribution is -2.52. The van der Waals surface area contributed by atoms with Gasteiger partial charge in [-0.2, -0.15) is 5.10 Å². The number of hydrogen-bond acceptors (Lipinski definition) is 5. The van der Waals surface area contributed by atoms with Crippen molar-refractivity contribution in [3.05, 3.63) is 47.0 Å². The van der Waals surface area contributed by atoms with Crippen LogP contribution >= 0.6 is 0 Å². The lowest BCUT2D eigenvalue weighted by atomic mass is 10.00. The Kier molecular flexibility index (Phi) is 5.29. The Labute approximate surface area is 158 Å². The van der Waals surface area contributed by atoms with E-state index >= 15 is 0 Å². The minimum absolute atomic E-state index is 0.0694. The predicted molar refractivity (Wildman–Crippen MR) is 102 cm³/mol. The average molecular weight is 367 g/mol. The van der Waals surface area contributed by atoms with Crippen LogP contribution in [0.3, 0.4) is 0 Å². The number of nitrogens with zero attached hydrogens (tertiary/aromatic N) is 5. The summed E-state index contributed by atoms with van der Waals surface area (Å²) >= 11 is 0. The van der Waals surface area contributed by atoms with E-state index in [1.807, 2.05) is 17.0 Å². The van der Waals surface area contributed by atoms with Gasteiger partial charge in [-0.25, -0.2) is 4.68 Å². The molecule has 4 rings (SSSR count). The van der Waals surface area contributed by atoms with Gasteiger partial charge in [0.2, 0.25) is 5.91 Å². The minimum atomic E-state index is -0.0694. The molecule has 2 saturated heterocycles.